The third-order valence-corrected chi connectivity index (χ3v) is 4.29. The number of amides is 2. The molecular formula is C20H34ClNO7. The minimum absolute atomic E-state index is 0.257. The second kappa shape index (κ2) is 19.0. The van der Waals surface area contributed by atoms with Gasteiger partial charge in [0.15, 0.2) is 0 Å². The molecule has 0 saturated carbocycles. The number of nitrogens with zero attached hydrogens (tertiary/aromatic N) is 1. The molecule has 0 unspecified atom stereocenters. The Labute approximate surface area is 178 Å². The van der Waals surface area contributed by atoms with Crippen molar-refractivity contribution in [1.82, 2.24) is 4.90 Å². The molecule has 0 saturated heterocycles. The van der Waals surface area contributed by atoms with Crippen molar-refractivity contribution >= 4 is 23.4 Å². The van der Waals surface area contributed by atoms with Crippen LogP contribution in [0.5, 0.6) is 0 Å². The Hall–Kier alpha value is -1.03. The van der Waals surface area contributed by atoms with E-state index in [1.165, 1.54) is 18.6 Å². The minimum atomic E-state index is -0.294. The molecule has 0 aliphatic carbocycles. The molecule has 1 rings (SSSR count). The lowest BCUT2D eigenvalue weighted by molar-refractivity contribution is -0.137. The third kappa shape index (κ3) is 14.6. The summed E-state index contributed by atoms with van der Waals surface area (Å²) in [5.74, 6) is 0.150. The highest BCUT2D eigenvalue weighted by atomic mass is 35.5. The lowest BCUT2D eigenvalue weighted by Gasteiger charge is -2.13. The zero-order valence-electron chi connectivity index (χ0n) is 17.2. The molecule has 0 atom stereocenters. The van der Waals surface area contributed by atoms with E-state index in [0.717, 1.165) is 36.6 Å². The van der Waals surface area contributed by atoms with E-state index < -0.39 is 0 Å². The van der Waals surface area contributed by atoms with Crippen LogP contribution >= 0.6 is 11.6 Å². The SMILES string of the molecule is O=C1C=CC(=O)N1CCOCCOCCOCCOCCOCCCCCCCl. The summed E-state index contributed by atoms with van der Waals surface area (Å²) in [6.45, 7) is 5.36. The fourth-order valence-corrected chi connectivity index (χ4v) is 2.63. The first-order valence-electron chi connectivity index (χ1n) is 10.2. The van der Waals surface area contributed by atoms with Crippen molar-refractivity contribution in [1.29, 1.82) is 0 Å². The number of ether oxygens (including phenoxy) is 5. The van der Waals surface area contributed by atoms with Crippen molar-refractivity contribution < 1.29 is 33.3 Å². The van der Waals surface area contributed by atoms with Crippen LogP contribution in [-0.2, 0) is 33.3 Å². The van der Waals surface area contributed by atoms with Crippen LogP contribution in [0.2, 0.25) is 0 Å². The van der Waals surface area contributed by atoms with Gasteiger partial charge < -0.3 is 23.7 Å². The van der Waals surface area contributed by atoms with Crippen molar-refractivity contribution in [2.75, 3.05) is 78.5 Å². The van der Waals surface area contributed by atoms with Crippen molar-refractivity contribution in [3.63, 3.8) is 0 Å². The summed E-state index contributed by atoms with van der Waals surface area (Å²) < 4.78 is 27.0. The lowest BCUT2D eigenvalue weighted by atomic mass is 10.2. The predicted octanol–water partition coefficient (Wildman–Crippen LogP) is 1.79. The molecular weight excluding hydrogens is 402 g/mol. The number of carbonyl (C=O) groups excluding carboxylic acids is 2. The average Bonchev–Trinajstić information content (AvgIpc) is 3.04. The van der Waals surface area contributed by atoms with E-state index in [-0.39, 0.29) is 18.4 Å². The van der Waals surface area contributed by atoms with E-state index in [0.29, 0.717) is 59.5 Å². The number of halogens is 1. The standard InChI is InChI=1S/C20H34ClNO7/c21-7-3-1-2-4-9-25-11-13-27-15-17-29-18-16-28-14-12-26-10-8-22-19(23)5-6-20(22)24/h5-6H,1-4,7-18H2. The summed E-state index contributed by atoms with van der Waals surface area (Å²) in [5, 5.41) is 0. The maximum absolute atomic E-state index is 11.3. The second-order valence-electron chi connectivity index (χ2n) is 6.33. The van der Waals surface area contributed by atoms with Gasteiger partial charge in [-0.05, 0) is 12.8 Å². The summed E-state index contributed by atoms with van der Waals surface area (Å²) in [6, 6.07) is 0. The molecule has 29 heavy (non-hydrogen) atoms. The third-order valence-electron chi connectivity index (χ3n) is 4.02. The molecule has 0 N–H and O–H groups in total. The molecule has 9 heteroatoms. The van der Waals surface area contributed by atoms with Crippen LogP contribution < -0.4 is 0 Å². The number of carbonyl (C=O) groups is 2. The highest BCUT2D eigenvalue weighted by Gasteiger charge is 2.22. The van der Waals surface area contributed by atoms with Gasteiger partial charge in [0.05, 0.1) is 66.0 Å². The molecule has 0 radical (unpaired) electrons. The van der Waals surface area contributed by atoms with Crippen LogP contribution in [0.1, 0.15) is 25.7 Å². The molecule has 168 valence electrons. The summed E-state index contributed by atoms with van der Waals surface area (Å²) >= 11 is 5.62. The Bertz CT molecular complexity index is 444. The first kappa shape index (κ1) is 26.0. The first-order valence-corrected chi connectivity index (χ1v) is 10.8. The van der Waals surface area contributed by atoms with Gasteiger partial charge in [-0.25, -0.2) is 0 Å². The van der Waals surface area contributed by atoms with Gasteiger partial charge in [0.1, 0.15) is 0 Å². The topological polar surface area (TPSA) is 83.5 Å². The fourth-order valence-electron chi connectivity index (χ4n) is 2.44. The Morgan fingerprint density at radius 1 is 0.586 bits per heavy atom. The van der Waals surface area contributed by atoms with Crippen molar-refractivity contribution in [3.8, 4) is 0 Å². The normalized spacial score (nSPS) is 13.8. The predicted molar refractivity (Wildman–Crippen MR) is 109 cm³/mol. The number of unbranched alkanes of at least 4 members (excludes halogenated alkanes) is 3. The van der Waals surface area contributed by atoms with Gasteiger partial charge in [0, 0.05) is 24.6 Å². The van der Waals surface area contributed by atoms with Crippen LogP contribution in [-0.4, -0.2) is 95.2 Å². The highest BCUT2D eigenvalue weighted by Crippen LogP contribution is 2.02. The van der Waals surface area contributed by atoms with E-state index >= 15 is 0 Å². The number of rotatable bonds is 21. The van der Waals surface area contributed by atoms with E-state index in [4.69, 9.17) is 35.3 Å². The minimum Gasteiger partial charge on any atom is -0.379 e. The fraction of sp³-hybridized carbons (Fsp3) is 0.800. The number of imide groups is 1. The van der Waals surface area contributed by atoms with Gasteiger partial charge in [-0.2, -0.15) is 0 Å². The number of hydrogen-bond donors (Lipinski definition) is 0. The van der Waals surface area contributed by atoms with Crippen molar-refractivity contribution in [2.45, 2.75) is 25.7 Å². The Kier molecular flexibility index (Phi) is 17.0. The first-order chi connectivity index (χ1) is 14.3. The highest BCUT2D eigenvalue weighted by molar-refractivity contribution is 6.17. The second-order valence-corrected chi connectivity index (χ2v) is 6.70. The number of alkyl halides is 1. The van der Waals surface area contributed by atoms with E-state index in [1.54, 1.807) is 0 Å². The molecule has 1 aliphatic rings. The largest absolute Gasteiger partial charge is 0.379 e. The molecule has 0 aromatic rings. The van der Waals surface area contributed by atoms with Gasteiger partial charge in [-0.1, -0.05) is 12.8 Å². The van der Waals surface area contributed by atoms with E-state index in [2.05, 4.69) is 0 Å². The molecule has 0 bridgehead atoms. The van der Waals surface area contributed by atoms with Crippen LogP contribution in [0.15, 0.2) is 12.2 Å². The summed E-state index contributed by atoms with van der Waals surface area (Å²) in [6.07, 6.45) is 6.99. The van der Waals surface area contributed by atoms with Crippen LogP contribution in [0, 0.1) is 0 Å². The molecule has 1 aliphatic heterocycles. The molecule has 0 fully saturated rings. The summed E-state index contributed by atoms with van der Waals surface area (Å²) in [5.41, 5.74) is 0. The van der Waals surface area contributed by atoms with Crippen LogP contribution in [0.4, 0.5) is 0 Å². The van der Waals surface area contributed by atoms with E-state index in [1.807, 2.05) is 0 Å². The monoisotopic (exact) mass is 435 g/mol. The molecule has 8 nitrogen and oxygen atoms in total. The van der Waals surface area contributed by atoms with Gasteiger partial charge in [0.2, 0.25) is 0 Å². The smallest absolute Gasteiger partial charge is 0.253 e. The number of hydrogen-bond acceptors (Lipinski definition) is 7. The quantitative estimate of drug-likeness (QED) is 0.154. The molecule has 0 aromatic carbocycles. The lowest BCUT2D eigenvalue weighted by Crippen LogP contribution is -2.33. The summed E-state index contributed by atoms with van der Waals surface area (Å²) in [4.78, 5) is 23.8. The van der Waals surface area contributed by atoms with Gasteiger partial charge in [-0.15, -0.1) is 11.6 Å². The van der Waals surface area contributed by atoms with Gasteiger partial charge in [-0.3, -0.25) is 14.5 Å². The Morgan fingerprint density at radius 3 is 1.48 bits per heavy atom. The maximum atomic E-state index is 11.3. The van der Waals surface area contributed by atoms with Crippen molar-refractivity contribution in [3.05, 3.63) is 12.2 Å². The molecule has 1 heterocycles. The van der Waals surface area contributed by atoms with Gasteiger partial charge >= 0.3 is 0 Å². The van der Waals surface area contributed by atoms with Crippen LogP contribution in [0.25, 0.3) is 0 Å². The van der Waals surface area contributed by atoms with Crippen LogP contribution in [0.3, 0.4) is 0 Å². The zero-order chi connectivity index (χ0) is 21.0. The Balaban J connectivity index is 1.69. The van der Waals surface area contributed by atoms with E-state index in [9.17, 15) is 9.59 Å². The molecule has 0 spiro atoms. The Morgan fingerprint density at radius 2 is 1.00 bits per heavy atom. The van der Waals surface area contributed by atoms with Crippen molar-refractivity contribution in [2.24, 2.45) is 0 Å². The van der Waals surface area contributed by atoms with Gasteiger partial charge in [0.25, 0.3) is 11.8 Å². The molecule has 0 aromatic heterocycles. The summed E-state index contributed by atoms with van der Waals surface area (Å²) in [7, 11) is 0. The average molecular weight is 436 g/mol. The maximum Gasteiger partial charge on any atom is 0.253 e. The zero-order valence-corrected chi connectivity index (χ0v) is 17.9. The molecule has 2 amide bonds.